The fraction of sp³-hybridized carbons (Fsp3) is 0.500. The summed E-state index contributed by atoms with van der Waals surface area (Å²) in [6.45, 7) is 2.37. The Labute approximate surface area is 126 Å². The minimum absolute atomic E-state index is 0.124. The van der Waals surface area contributed by atoms with Crippen LogP contribution in [-0.4, -0.2) is 30.3 Å². The largest absolute Gasteiger partial charge is 0.389 e. The van der Waals surface area contributed by atoms with E-state index in [0.717, 1.165) is 25.7 Å². The summed E-state index contributed by atoms with van der Waals surface area (Å²) < 4.78 is 27.1. The average molecular weight is 312 g/mol. The fourth-order valence-corrected chi connectivity index (χ4v) is 4.63. The molecule has 0 aliphatic heterocycles. The van der Waals surface area contributed by atoms with Gasteiger partial charge >= 0.3 is 0 Å². The summed E-state index contributed by atoms with van der Waals surface area (Å²) in [6.07, 6.45) is 4.09. The van der Waals surface area contributed by atoms with E-state index in [0.29, 0.717) is 12.1 Å². The number of sulfonamides is 1. The van der Waals surface area contributed by atoms with Gasteiger partial charge in [-0.1, -0.05) is 44.1 Å². The van der Waals surface area contributed by atoms with Gasteiger partial charge < -0.3 is 5.73 Å². The second kappa shape index (κ2) is 6.20. The first kappa shape index (κ1) is 15.4. The average Bonchev–Trinajstić information content (AvgIpc) is 2.93. The van der Waals surface area contributed by atoms with Crippen molar-refractivity contribution in [3.05, 3.63) is 29.8 Å². The van der Waals surface area contributed by atoms with Gasteiger partial charge in [0.05, 0.1) is 4.90 Å². The first-order chi connectivity index (χ1) is 9.46. The van der Waals surface area contributed by atoms with Crippen molar-refractivity contribution in [2.45, 2.75) is 43.5 Å². The van der Waals surface area contributed by atoms with E-state index in [4.69, 9.17) is 18.0 Å². The molecule has 1 aromatic rings. The van der Waals surface area contributed by atoms with Gasteiger partial charge in [-0.05, 0) is 25.0 Å². The van der Waals surface area contributed by atoms with Crippen LogP contribution in [0.5, 0.6) is 0 Å². The van der Waals surface area contributed by atoms with Gasteiger partial charge in [-0.25, -0.2) is 8.42 Å². The molecule has 1 aromatic carbocycles. The maximum Gasteiger partial charge on any atom is 0.243 e. The van der Waals surface area contributed by atoms with E-state index >= 15 is 0 Å². The van der Waals surface area contributed by atoms with Crippen molar-refractivity contribution in [1.29, 1.82) is 0 Å². The van der Waals surface area contributed by atoms with Crippen LogP contribution in [0.4, 0.5) is 0 Å². The Morgan fingerprint density at radius 3 is 2.60 bits per heavy atom. The third kappa shape index (κ3) is 3.02. The molecular formula is C14H20N2O2S2. The third-order valence-electron chi connectivity index (χ3n) is 3.77. The predicted molar refractivity (Wildman–Crippen MR) is 84.2 cm³/mol. The van der Waals surface area contributed by atoms with E-state index in [1.54, 1.807) is 28.6 Å². The Morgan fingerprint density at radius 1 is 1.40 bits per heavy atom. The Hall–Kier alpha value is -0.980. The molecule has 110 valence electrons. The zero-order valence-corrected chi connectivity index (χ0v) is 13.2. The molecule has 0 unspecified atom stereocenters. The summed E-state index contributed by atoms with van der Waals surface area (Å²) in [5.74, 6) is 0. The van der Waals surface area contributed by atoms with Crippen LogP contribution in [0.3, 0.4) is 0 Å². The van der Waals surface area contributed by atoms with Crippen molar-refractivity contribution in [2.24, 2.45) is 5.73 Å². The van der Waals surface area contributed by atoms with E-state index in [-0.39, 0.29) is 15.9 Å². The number of thiocarbonyl (C=S) groups is 1. The molecule has 4 nitrogen and oxygen atoms in total. The monoisotopic (exact) mass is 312 g/mol. The first-order valence-corrected chi connectivity index (χ1v) is 8.73. The molecule has 6 heteroatoms. The second-order valence-electron chi connectivity index (χ2n) is 5.04. The van der Waals surface area contributed by atoms with Crippen molar-refractivity contribution in [1.82, 2.24) is 4.31 Å². The van der Waals surface area contributed by atoms with Crippen LogP contribution in [0.1, 0.15) is 38.2 Å². The van der Waals surface area contributed by atoms with Crippen LogP contribution in [0, 0.1) is 0 Å². The number of nitrogens with two attached hydrogens (primary N) is 1. The van der Waals surface area contributed by atoms with Gasteiger partial charge in [-0.2, -0.15) is 4.31 Å². The SMILES string of the molecule is CCN(C1CCCC1)S(=O)(=O)c1cccc(C(N)=S)c1. The molecule has 2 rings (SSSR count). The molecule has 0 amide bonds. The van der Waals surface area contributed by atoms with Crippen molar-refractivity contribution < 1.29 is 8.42 Å². The lowest BCUT2D eigenvalue weighted by Gasteiger charge is -2.26. The van der Waals surface area contributed by atoms with Gasteiger partial charge in [-0.15, -0.1) is 0 Å². The normalized spacial score (nSPS) is 16.7. The van der Waals surface area contributed by atoms with Gasteiger partial charge in [0.15, 0.2) is 0 Å². The highest BCUT2D eigenvalue weighted by Crippen LogP contribution is 2.28. The molecule has 0 bridgehead atoms. The van der Waals surface area contributed by atoms with Gasteiger partial charge in [0.25, 0.3) is 0 Å². The second-order valence-corrected chi connectivity index (χ2v) is 7.37. The van der Waals surface area contributed by atoms with Crippen molar-refractivity contribution in [3.8, 4) is 0 Å². The van der Waals surface area contributed by atoms with Crippen LogP contribution in [0.15, 0.2) is 29.2 Å². The molecule has 20 heavy (non-hydrogen) atoms. The highest BCUT2D eigenvalue weighted by Gasteiger charge is 2.32. The zero-order chi connectivity index (χ0) is 14.8. The topological polar surface area (TPSA) is 63.4 Å². The summed E-state index contributed by atoms with van der Waals surface area (Å²) >= 11 is 4.92. The van der Waals surface area contributed by atoms with Gasteiger partial charge in [0.2, 0.25) is 10.0 Å². The molecular weight excluding hydrogens is 292 g/mol. The summed E-state index contributed by atoms with van der Waals surface area (Å²) in [6, 6.07) is 6.71. The van der Waals surface area contributed by atoms with E-state index in [1.165, 1.54) is 0 Å². The lowest BCUT2D eigenvalue weighted by atomic mass is 10.2. The molecule has 2 N–H and O–H groups in total. The molecule has 1 aliphatic rings. The van der Waals surface area contributed by atoms with Gasteiger partial charge in [0, 0.05) is 18.2 Å². The van der Waals surface area contributed by atoms with Crippen molar-refractivity contribution in [3.63, 3.8) is 0 Å². The summed E-state index contributed by atoms with van der Waals surface area (Å²) in [5.41, 5.74) is 6.17. The zero-order valence-electron chi connectivity index (χ0n) is 11.6. The number of nitrogens with zero attached hydrogens (tertiary/aromatic N) is 1. The van der Waals surface area contributed by atoms with E-state index in [1.807, 2.05) is 6.92 Å². The van der Waals surface area contributed by atoms with Gasteiger partial charge in [-0.3, -0.25) is 0 Å². The highest BCUT2D eigenvalue weighted by molar-refractivity contribution is 7.89. The Bertz CT molecular complexity index is 593. The predicted octanol–water partition coefficient (Wildman–Crippen LogP) is 2.27. The number of rotatable bonds is 5. The molecule has 1 saturated carbocycles. The number of benzene rings is 1. The van der Waals surface area contributed by atoms with E-state index in [2.05, 4.69) is 0 Å². The number of hydrogen-bond donors (Lipinski definition) is 1. The minimum Gasteiger partial charge on any atom is -0.389 e. The molecule has 0 spiro atoms. The van der Waals surface area contributed by atoms with E-state index < -0.39 is 10.0 Å². The van der Waals surface area contributed by atoms with E-state index in [9.17, 15) is 8.42 Å². The van der Waals surface area contributed by atoms with Crippen LogP contribution in [-0.2, 0) is 10.0 Å². The fourth-order valence-electron chi connectivity index (χ4n) is 2.76. The standard InChI is InChI=1S/C14H20N2O2S2/c1-2-16(12-7-3-4-8-12)20(17,18)13-9-5-6-11(10-13)14(15)19/h5-6,9-10,12H,2-4,7-8H2,1H3,(H2,15,19). The molecule has 1 aliphatic carbocycles. The lowest BCUT2D eigenvalue weighted by Crippen LogP contribution is -2.38. The first-order valence-electron chi connectivity index (χ1n) is 6.88. The van der Waals surface area contributed by atoms with Gasteiger partial charge in [0.1, 0.15) is 4.99 Å². The quantitative estimate of drug-likeness (QED) is 0.847. The maximum absolute atomic E-state index is 12.8. The third-order valence-corrected chi connectivity index (χ3v) is 6.03. The number of hydrogen-bond acceptors (Lipinski definition) is 3. The van der Waals surface area contributed by atoms with Crippen molar-refractivity contribution in [2.75, 3.05) is 6.54 Å². The summed E-state index contributed by atoms with van der Waals surface area (Å²) in [4.78, 5) is 0.488. The Morgan fingerprint density at radius 2 is 2.05 bits per heavy atom. The summed E-state index contributed by atoms with van der Waals surface area (Å²) in [5, 5.41) is 0. The van der Waals surface area contributed by atoms with Crippen molar-refractivity contribution >= 4 is 27.2 Å². The Balaban J connectivity index is 2.37. The smallest absolute Gasteiger partial charge is 0.243 e. The maximum atomic E-state index is 12.8. The van der Waals surface area contributed by atoms with Crippen LogP contribution >= 0.6 is 12.2 Å². The Kier molecular flexibility index (Phi) is 4.78. The molecule has 0 heterocycles. The summed E-state index contributed by atoms with van der Waals surface area (Å²) in [7, 11) is -3.47. The highest BCUT2D eigenvalue weighted by atomic mass is 32.2. The minimum atomic E-state index is -3.47. The molecule has 1 fully saturated rings. The molecule has 0 atom stereocenters. The lowest BCUT2D eigenvalue weighted by molar-refractivity contribution is 0.335. The van der Waals surface area contributed by atoms with Crippen LogP contribution in [0.25, 0.3) is 0 Å². The van der Waals surface area contributed by atoms with Crippen LogP contribution < -0.4 is 5.73 Å². The molecule has 0 radical (unpaired) electrons. The van der Waals surface area contributed by atoms with Crippen LogP contribution in [0.2, 0.25) is 0 Å². The molecule has 0 aromatic heterocycles. The molecule has 0 saturated heterocycles.